The highest BCUT2D eigenvalue weighted by atomic mass is 15.1. The summed E-state index contributed by atoms with van der Waals surface area (Å²) in [6, 6.07) is 8.14. The highest BCUT2D eigenvalue weighted by molar-refractivity contribution is 5.77. The third-order valence-electron chi connectivity index (χ3n) is 3.71. The molecule has 1 heterocycles. The Morgan fingerprint density at radius 3 is 2.40 bits per heavy atom. The number of aromatic nitrogens is 2. The van der Waals surface area contributed by atoms with E-state index >= 15 is 0 Å². The lowest BCUT2D eigenvalue weighted by Gasteiger charge is -2.03. The van der Waals surface area contributed by atoms with E-state index in [1.807, 2.05) is 18.2 Å². The quantitative estimate of drug-likeness (QED) is 0.590. The van der Waals surface area contributed by atoms with E-state index in [2.05, 4.69) is 28.3 Å². The number of H-pyrrole nitrogens is 1. The Balaban J connectivity index is 1.55. The molecule has 0 aliphatic carbocycles. The lowest BCUT2D eigenvalue weighted by Crippen LogP contribution is -2.02. The van der Waals surface area contributed by atoms with Gasteiger partial charge in [-0.05, 0) is 18.6 Å². The zero-order valence-electron chi connectivity index (χ0n) is 12.6. The molecule has 2 aromatic rings. The van der Waals surface area contributed by atoms with E-state index < -0.39 is 0 Å². The Bertz CT molecular complexity index is 457. The zero-order chi connectivity index (χ0) is 14.0. The fourth-order valence-corrected chi connectivity index (χ4v) is 2.50. The Morgan fingerprint density at radius 2 is 1.65 bits per heavy atom. The van der Waals surface area contributed by atoms with Crippen molar-refractivity contribution in [2.24, 2.45) is 0 Å². The molecule has 0 saturated heterocycles. The van der Waals surface area contributed by atoms with E-state index in [4.69, 9.17) is 0 Å². The Hall–Kier alpha value is -1.51. The number of aromatic amines is 1. The molecule has 1 aromatic carbocycles. The van der Waals surface area contributed by atoms with Gasteiger partial charge in [-0.3, -0.25) is 0 Å². The average Bonchev–Trinajstić information content (AvgIpc) is 2.88. The summed E-state index contributed by atoms with van der Waals surface area (Å²) < 4.78 is 0. The molecular formula is C17H27N3. The van der Waals surface area contributed by atoms with E-state index in [1.165, 1.54) is 51.4 Å². The van der Waals surface area contributed by atoms with Crippen molar-refractivity contribution in [2.45, 2.75) is 58.3 Å². The summed E-state index contributed by atoms with van der Waals surface area (Å²) in [4.78, 5) is 7.81. The highest BCUT2D eigenvalue weighted by Gasteiger charge is 2.00. The summed E-state index contributed by atoms with van der Waals surface area (Å²) in [5, 5.41) is 3.38. The van der Waals surface area contributed by atoms with Crippen molar-refractivity contribution in [1.82, 2.24) is 9.97 Å². The Kier molecular flexibility index (Phi) is 6.42. The third kappa shape index (κ3) is 4.87. The first kappa shape index (κ1) is 14.9. The largest absolute Gasteiger partial charge is 0.356 e. The van der Waals surface area contributed by atoms with Gasteiger partial charge in [-0.25, -0.2) is 4.98 Å². The molecule has 2 rings (SSSR count). The minimum atomic E-state index is 0.897. The molecule has 110 valence electrons. The van der Waals surface area contributed by atoms with Crippen molar-refractivity contribution in [1.29, 1.82) is 0 Å². The van der Waals surface area contributed by atoms with Crippen molar-refractivity contribution < 1.29 is 0 Å². The molecule has 0 aliphatic heterocycles. The molecule has 0 saturated carbocycles. The lowest BCUT2D eigenvalue weighted by molar-refractivity contribution is 0.581. The molecule has 0 bridgehead atoms. The molecule has 0 atom stereocenters. The molecule has 0 spiro atoms. The summed E-state index contributed by atoms with van der Waals surface area (Å²) in [6.45, 7) is 3.28. The summed E-state index contributed by atoms with van der Waals surface area (Å²) in [5.74, 6) is 0.897. The fraction of sp³-hybridized carbons (Fsp3) is 0.588. The monoisotopic (exact) mass is 273 g/mol. The van der Waals surface area contributed by atoms with Crippen LogP contribution in [0.2, 0.25) is 0 Å². The predicted molar refractivity (Wildman–Crippen MR) is 87.2 cm³/mol. The molecule has 0 radical (unpaired) electrons. The van der Waals surface area contributed by atoms with Crippen molar-refractivity contribution in [3.63, 3.8) is 0 Å². The maximum absolute atomic E-state index is 4.51. The molecule has 1 aromatic heterocycles. The number of nitrogens with zero attached hydrogens (tertiary/aromatic N) is 1. The molecule has 0 unspecified atom stereocenters. The number of unbranched alkanes of at least 4 members (excludes halogenated alkanes) is 7. The van der Waals surface area contributed by atoms with Crippen molar-refractivity contribution in [3.8, 4) is 0 Å². The summed E-state index contributed by atoms with van der Waals surface area (Å²) in [5.41, 5.74) is 2.14. The molecule has 0 aliphatic rings. The number of imidazole rings is 1. The minimum absolute atomic E-state index is 0.897. The maximum atomic E-state index is 4.51. The maximum Gasteiger partial charge on any atom is 0.201 e. The molecular weight excluding hydrogens is 246 g/mol. The van der Waals surface area contributed by atoms with E-state index in [0.717, 1.165) is 23.5 Å². The lowest BCUT2D eigenvalue weighted by atomic mass is 10.1. The first-order chi connectivity index (χ1) is 9.90. The predicted octanol–water partition coefficient (Wildman–Crippen LogP) is 5.12. The van der Waals surface area contributed by atoms with Gasteiger partial charge < -0.3 is 10.3 Å². The van der Waals surface area contributed by atoms with E-state index in [1.54, 1.807) is 0 Å². The number of anilines is 1. The Labute approximate surface area is 122 Å². The average molecular weight is 273 g/mol. The van der Waals surface area contributed by atoms with Crippen LogP contribution >= 0.6 is 0 Å². The molecule has 0 amide bonds. The van der Waals surface area contributed by atoms with Gasteiger partial charge in [0.1, 0.15) is 0 Å². The van der Waals surface area contributed by atoms with E-state index in [9.17, 15) is 0 Å². The number of benzene rings is 1. The third-order valence-corrected chi connectivity index (χ3v) is 3.71. The van der Waals surface area contributed by atoms with Gasteiger partial charge in [-0.2, -0.15) is 0 Å². The normalized spacial score (nSPS) is 11.1. The van der Waals surface area contributed by atoms with Crippen LogP contribution in [0, 0.1) is 0 Å². The van der Waals surface area contributed by atoms with Crippen LogP contribution in [0.25, 0.3) is 11.0 Å². The zero-order valence-corrected chi connectivity index (χ0v) is 12.6. The number of nitrogens with one attached hydrogen (secondary N) is 2. The summed E-state index contributed by atoms with van der Waals surface area (Å²) in [7, 11) is 0. The second kappa shape index (κ2) is 8.62. The van der Waals surface area contributed by atoms with E-state index in [-0.39, 0.29) is 0 Å². The number of para-hydroxylation sites is 2. The van der Waals surface area contributed by atoms with Crippen LogP contribution in [0.4, 0.5) is 5.95 Å². The standard InChI is InChI=1S/C17H27N3/c1-2-3-4-5-6-7-8-11-14-18-17-19-15-12-9-10-13-16(15)20-17/h9-10,12-13H,2-8,11,14H2,1H3,(H2,18,19,20). The van der Waals surface area contributed by atoms with Crippen LogP contribution in [-0.4, -0.2) is 16.5 Å². The van der Waals surface area contributed by atoms with Crippen molar-refractivity contribution in [3.05, 3.63) is 24.3 Å². The van der Waals surface area contributed by atoms with Crippen LogP contribution in [0.15, 0.2) is 24.3 Å². The number of fused-ring (bicyclic) bond motifs is 1. The summed E-state index contributed by atoms with van der Waals surface area (Å²) in [6.07, 6.45) is 10.9. The number of hydrogen-bond acceptors (Lipinski definition) is 2. The second-order valence-corrected chi connectivity index (χ2v) is 5.50. The minimum Gasteiger partial charge on any atom is -0.356 e. The first-order valence-electron chi connectivity index (χ1n) is 8.09. The number of hydrogen-bond donors (Lipinski definition) is 2. The molecule has 3 nitrogen and oxygen atoms in total. The SMILES string of the molecule is CCCCCCCCCCNc1nc2ccccc2[nH]1. The number of rotatable bonds is 10. The van der Waals surface area contributed by atoms with Crippen LogP contribution in [0.3, 0.4) is 0 Å². The van der Waals surface area contributed by atoms with Gasteiger partial charge in [-0.1, -0.05) is 64.0 Å². The summed E-state index contributed by atoms with van der Waals surface area (Å²) >= 11 is 0. The van der Waals surface area contributed by atoms with Gasteiger partial charge in [-0.15, -0.1) is 0 Å². The highest BCUT2D eigenvalue weighted by Crippen LogP contribution is 2.13. The smallest absolute Gasteiger partial charge is 0.201 e. The van der Waals surface area contributed by atoms with Crippen molar-refractivity contribution >= 4 is 17.0 Å². The van der Waals surface area contributed by atoms with Gasteiger partial charge >= 0.3 is 0 Å². The Morgan fingerprint density at radius 1 is 0.950 bits per heavy atom. The van der Waals surface area contributed by atoms with Gasteiger partial charge in [0.25, 0.3) is 0 Å². The van der Waals surface area contributed by atoms with Crippen LogP contribution in [0.5, 0.6) is 0 Å². The van der Waals surface area contributed by atoms with Gasteiger partial charge in [0.2, 0.25) is 5.95 Å². The molecule has 2 N–H and O–H groups in total. The van der Waals surface area contributed by atoms with Crippen LogP contribution in [-0.2, 0) is 0 Å². The van der Waals surface area contributed by atoms with Crippen LogP contribution < -0.4 is 5.32 Å². The van der Waals surface area contributed by atoms with Gasteiger partial charge in [0.15, 0.2) is 0 Å². The molecule has 20 heavy (non-hydrogen) atoms. The molecule has 3 heteroatoms. The van der Waals surface area contributed by atoms with E-state index in [0.29, 0.717) is 0 Å². The van der Waals surface area contributed by atoms with Gasteiger partial charge in [0, 0.05) is 6.54 Å². The fourth-order valence-electron chi connectivity index (χ4n) is 2.50. The topological polar surface area (TPSA) is 40.7 Å². The molecule has 0 fully saturated rings. The second-order valence-electron chi connectivity index (χ2n) is 5.50. The van der Waals surface area contributed by atoms with Gasteiger partial charge in [0.05, 0.1) is 11.0 Å². The van der Waals surface area contributed by atoms with Crippen LogP contribution in [0.1, 0.15) is 58.3 Å². The first-order valence-corrected chi connectivity index (χ1v) is 8.09. The van der Waals surface area contributed by atoms with Crippen molar-refractivity contribution in [2.75, 3.05) is 11.9 Å².